The van der Waals surface area contributed by atoms with Gasteiger partial charge in [0, 0.05) is 0 Å². The highest BCUT2D eigenvalue weighted by Gasteiger charge is 2.11. The summed E-state index contributed by atoms with van der Waals surface area (Å²) in [5, 5.41) is 0. The van der Waals surface area contributed by atoms with Gasteiger partial charge in [-0.3, -0.25) is 0 Å². The van der Waals surface area contributed by atoms with Crippen LogP contribution in [-0.4, -0.2) is 39.6 Å². The highest BCUT2D eigenvalue weighted by atomic mass is 16.6. The van der Waals surface area contributed by atoms with Crippen molar-refractivity contribution in [1.82, 2.24) is 0 Å². The highest BCUT2D eigenvalue weighted by Crippen LogP contribution is 2.21. The molecule has 0 bridgehead atoms. The predicted molar refractivity (Wildman–Crippen MR) is 69.2 cm³/mol. The van der Waals surface area contributed by atoms with Crippen LogP contribution in [0.1, 0.15) is 12.8 Å². The first-order chi connectivity index (χ1) is 9.47. The van der Waals surface area contributed by atoms with E-state index in [0.29, 0.717) is 39.6 Å². The first-order valence-corrected chi connectivity index (χ1v) is 6.59. The van der Waals surface area contributed by atoms with Crippen molar-refractivity contribution in [1.29, 1.82) is 0 Å². The summed E-state index contributed by atoms with van der Waals surface area (Å²) in [5.41, 5.74) is 0. The highest BCUT2D eigenvalue weighted by molar-refractivity contribution is 5.24. The molecule has 0 atom stereocenters. The van der Waals surface area contributed by atoms with Crippen LogP contribution in [0.15, 0.2) is 36.2 Å². The number of hydrogen-bond acceptors (Lipinski definition) is 5. The molecule has 5 heteroatoms. The number of fused-ring (bicyclic) bond motifs is 1. The third kappa shape index (κ3) is 5.36. The summed E-state index contributed by atoms with van der Waals surface area (Å²) in [4.78, 5) is 0. The van der Waals surface area contributed by atoms with E-state index in [-0.39, 0.29) is 0 Å². The molecule has 19 heavy (non-hydrogen) atoms. The first-order valence-electron chi connectivity index (χ1n) is 6.59. The van der Waals surface area contributed by atoms with E-state index < -0.39 is 0 Å². The fraction of sp³-hybridized carbons (Fsp3) is 0.571. The van der Waals surface area contributed by atoms with Gasteiger partial charge in [-0.05, 0) is 25.0 Å². The minimum absolute atomic E-state index is 0.498. The lowest BCUT2D eigenvalue weighted by Gasteiger charge is -2.16. The SMILES string of the molecule is C1=C2O/C=C\OCCOCCOCCOC2=CCC1. The van der Waals surface area contributed by atoms with Crippen LogP contribution >= 0.6 is 0 Å². The Morgan fingerprint density at radius 3 is 2.21 bits per heavy atom. The van der Waals surface area contributed by atoms with Crippen molar-refractivity contribution in [3.05, 3.63) is 36.2 Å². The number of rotatable bonds is 0. The van der Waals surface area contributed by atoms with Crippen molar-refractivity contribution < 1.29 is 23.7 Å². The monoisotopic (exact) mass is 268 g/mol. The van der Waals surface area contributed by atoms with Crippen LogP contribution in [-0.2, 0) is 23.7 Å². The Kier molecular flexibility index (Phi) is 6.33. The summed E-state index contributed by atoms with van der Waals surface area (Å²) in [6.07, 6.45) is 9.02. The number of allylic oxidation sites excluding steroid dienone is 2. The van der Waals surface area contributed by atoms with Crippen LogP contribution in [0.4, 0.5) is 0 Å². The molecule has 0 aromatic carbocycles. The molecular weight excluding hydrogens is 248 g/mol. The molecule has 0 saturated heterocycles. The second-order valence-electron chi connectivity index (χ2n) is 4.05. The third-order valence-electron chi connectivity index (χ3n) is 2.62. The van der Waals surface area contributed by atoms with Gasteiger partial charge in [0.2, 0.25) is 0 Å². The Bertz CT molecular complexity index is 346. The average molecular weight is 268 g/mol. The normalized spacial score (nSPS) is 24.0. The summed E-state index contributed by atoms with van der Waals surface area (Å²) in [6, 6.07) is 0. The fourth-order valence-electron chi connectivity index (χ4n) is 1.71. The van der Waals surface area contributed by atoms with Crippen molar-refractivity contribution in [3.63, 3.8) is 0 Å². The minimum Gasteiger partial charge on any atom is -0.496 e. The van der Waals surface area contributed by atoms with E-state index in [2.05, 4.69) is 0 Å². The van der Waals surface area contributed by atoms with Crippen molar-refractivity contribution in [2.24, 2.45) is 0 Å². The zero-order valence-electron chi connectivity index (χ0n) is 11.0. The molecule has 106 valence electrons. The lowest BCUT2D eigenvalue weighted by Crippen LogP contribution is -2.11. The fourth-order valence-corrected chi connectivity index (χ4v) is 1.71. The van der Waals surface area contributed by atoms with Gasteiger partial charge in [0.05, 0.1) is 26.4 Å². The average Bonchev–Trinajstić information content (AvgIpc) is 2.45. The standard InChI is InChI=1S/C14H20O5/c1-2-4-14-13(3-1)18-11-9-16-7-5-15-6-8-17-10-12-19-14/h3-4,9,11H,1-2,5-8,10,12H2/b11-9-. The van der Waals surface area contributed by atoms with Gasteiger partial charge < -0.3 is 23.7 Å². The Morgan fingerprint density at radius 1 is 0.684 bits per heavy atom. The van der Waals surface area contributed by atoms with E-state index >= 15 is 0 Å². The van der Waals surface area contributed by atoms with E-state index in [9.17, 15) is 0 Å². The Balaban J connectivity index is 1.88. The molecule has 2 aliphatic rings. The van der Waals surface area contributed by atoms with Gasteiger partial charge >= 0.3 is 0 Å². The molecule has 0 N–H and O–H groups in total. The van der Waals surface area contributed by atoms with E-state index in [1.807, 2.05) is 12.2 Å². The molecule has 1 heterocycles. The minimum atomic E-state index is 0.498. The molecule has 0 unspecified atom stereocenters. The first kappa shape index (κ1) is 14.0. The van der Waals surface area contributed by atoms with Crippen molar-refractivity contribution in [3.8, 4) is 0 Å². The van der Waals surface area contributed by atoms with Gasteiger partial charge in [0.1, 0.15) is 25.7 Å². The second kappa shape index (κ2) is 8.61. The van der Waals surface area contributed by atoms with Crippen molar-refractivity contribution in [2.45, 2.75) is 12.8 Å². The van der Waals surface area contributed by atoms with Crippen LogP contribution in [0.3, 0.4) is 0 Å². The maximum absolute atomic E-state index is 5.65. The Labute approximate surface area is 113 Å². The molecule has 0 saturated carbocycles. The zero-order chi connectivity index (χ0) is 13.2. The van der Waals surface area contributed by atoms with Crippen LogP contribution < -0.4 is 0 Å². The van der Waals surface area contributed by atoms with Gasteiger partial charge in [0.25, 0.3) is 0 Å². The molecule has 1 aliphatic heterocycles. The van der Waals surface area contributed by atoms with Gasteiger partial charge in [-0.2, -0.15) is 0 Å². The third-order valence-corrected chi connectivity index (χ3v) is 2.62. The smallest absolute Gasteiger partial charge is 0.164 e. The maximum atomic E-state index is 5.65. The molecule has 0 aromatic rings. The van der Waals surface area contributed by atoms with E-state index in [1.54, 1.807) is 0 Å². The molecule has 0 amide bonds. The lowest BCUT2D eigenvalue weighted by atomic mass is 10.1. The lowest BCUT2D eigenvalue weighted by molar-refractivity contribution is 0.0164. The van der Waals surface area contributed by atoms with Crippen molar-refractivity contribution >= 4 is 0 Å². The topological polar surface area (TPSA) is 46.2 Å². The summed E-state index contributed by atoms with van der Waals surface area (Å²) < 4.78 is 27.1. The number of hydrogen-bond donors (Lipinski definition) is 0. The Hall–Kier alpha value is -1.46. The molecule has 1 aliphatic carbocycles. The van der Waals surface area contributed by atoms with Gasteiger partial charge in [-0.25, -0.2) is 0 Å². The van der Waals surface area contributed by atoms with Crippen LogP contribution in [0.2, 0.25) is 0 Å². The molecule has 0 radical (unpaired) electrons. The second-order valence-corrected chi connectivity index (χ2v) is 4.05. The molecular formula is C14H20O5. The van der Waals surface area contributed by atoms with Gasteiger partial charge in [0.15, 0.2) is 11.5 Å². The van der Waals surface area contributed by atoms with Crippen molar-refractivity contribution in [2.75, 3.05) is 39.6 Å². The largest absolute Gasteiger partial charge is 0.496 e. The summed E-state index contributed by atoms with van der Waals surface area (Å²) in [6.45, 7) is 3.22. The Morgan fingerprint density at radius 2 is 1.37 bits per heavy atom. The van der Waals surface area contributed by atoms with E-state index in [1.165, 1.54) is 12.5 Å². The molecule has 0 spiro atoms. The molecule has 0 aromatic heterocycles. The van der Waals surface area contributed by atoms with E-state index in [4.69, 9.17) is 23.7 Å². The van der Waals surface area contributed by atoms with Crippen LogP contribution in [0.5, 0.6) is 0 Å². The van der Waals surface area contributed by atoms with E-state index in [0.717, 1.165) is 24.4 Å². The molecule has 5 nitrogen and oxygen atoms in total. The molecule has 2 rings (SSSR count). The summed E-state index contributed by atoms with van der Waals surface area (Å²) in [5.74, 6) is 1.50. The van der Waals surface area contributed by atoms with Gasteiger partial charge in [-0.15, -0.1) is 0 Å². The van der Waals surface area contributed by atoms with Gasteiger partial charge in [-0.1, -0.05) is 0 Å². The van der Waals surface area contributed by atoms with Crippen LogP contribution in [0.25, 0.3) is 0 Å². The number of ether oxygens (including phenoxy) is 5. The summed E-state index contributed by atoms with van der Waals surface area (Å²) in [7, 11) is 0. The summed E-state index contributed by atoms with van der Waals surface area (Å²) >= 11 is 0. The van der Waals surface area contributed by atoms with Crippen LogP contribution in [0, 0.1) is 0 Å². The predicted octanol–water partition coefficient (Wildman–Crippen LogP) is 2.12. The molecule has 0 fully saturated rings. The zero-order valence-corrected chi connectivity index (χ0v) is 11.0. The maximum Gasteiger partial charge on any atom is 0.164 e. The quantitative estimate of drug-likeness (QED) is 0.673.